The minimum absolute atomic E-state index is 0.132. The lowest BCUT2D eigenvalue weighted by Crippen LogP contribution is -2.44. The van der Waals surface area contributed by atoms with Crippen molar-refractivity contribution in [1.82, 2.24) is 4.90 Å². The number of halogens is 1. The second kappa shape index (κ2) is 7.31. The van der Waals surface area contributed by atoms with Gasteiger partial charge in [0.05, 0.1) is 10.1 Å². The van der Waals surface area contributed by atoms with Crippen LogP contribution in [0, 0.1) is 0 Å². The molecule has 132 valence electrons. The van der Waals surface area contributed by atoms with E-state index in [4.69, 9.17) is 11.6 Å². The van der Waals surface area contributed by atoms with E-state index in [2.05, 4.69) is 11.8 Å². The highest BCUT2D eigenvalue weighted by Gasteiger charge is 2.47. The molecule has 1 N–H and O–H groups in total. The number of sulfone groups is 1. The van der Waals surface area contributed by atoms with Crippen LogP contribution in [0.3, 0.4) is 0 Å². The number of unbranched alkanes of at least 4 members (excludes halogenated alkanes) is 1. The predicted octanol–water partition coefficient (Wildman–Crippen LogP) is 3.50. The summed E-state index contributed by atoms with van der Waals surface area (Å²) >= 11 is 5.86. The third-order valence-corrected chi connectivity index (χ3v) is 9.26. The molecule has 0 radical (unpaired) electrons. The fourth-order valence-electron chi connectivity index (χ4n) is 3.09. The molecule has 0 aromatic heterocycles. The Hall–Kier alpha value is -0.270. The maximum Gasteiger partial charge on any atom is 0.183 e. The summed E-state index contributed by atoms with van der Waals surface area (Å²) in [6.07, 6.45) is 3.90. The molecule has 4 nitrogen and oxygen atoms in total. The predicted molar refractivity (Wildman–Crippen MR) is 99.6 cm³/mol. The van der Waals surface area contributed by atoms with E-state index in [0.29, 0.717) is 16.5 Å². The Morgan fingerprint density at radius 1 is 1.30 bits per heavy atom. The Labute approximate surface area is 146 Å². The van der Waals surface area contributed by atoms with Crippen molar-refractivity contribution in [2.45, 2.75) is 36.0 Å². The van der Waals surface area contributed by atoms with E-state index in [-0.39, 0.29) is 10.9 Å². The molecule has 3 atom stereocenters. The van der Waals surface area contributed by atoms with Crippen molar-refractivity contribution in [2.24, 2.45) is 0 Å². The smallest absolute Gasteiger partial charge is 0.183 e. The van der Waals surface area contributed by atoms with E-state index in [1.807, 2.05) is 13.3 Å². The SMILES string of the molecule is CCCCN(C)[C@H]1CS(C)(O)CC1S(=O)(=O)c1ccc(Cl)cc1. The summed E-state index contributed by atoms with van der Waals surface area (Å²) in [5.41, 5.74) is 0. The molecule has 0 saturated carbocycles. The fourth-order valence-corrected chi connectivity index (χ4v) is 8.80. The molecule has 7 heteroatoms. The van der Waals surface area contributed by atoms with Crippen molar-refractivity contribution in [3.8, 4) is 0 Å². The summed E-state index contributed by atoms with van der Waals surface area (Å²) in [6, 6.07) is 6.19. The van der Waals surface area contributed by atoms with Gasteiger partial charge in [-0.3, -0.25) is 0 Å². The quantitative estimate of drug-likeness (QED) is 0.821. The van der Waals surface area contributed by atoms with Crippen molar-refractivity contribution in [2.75, 3.05) is 31.4 Å². The maximum atomic E-state index is 13.1. The summed E-state index contributed by atoms with van der Waals surface area (Å²) in [7, 11) is -3.38. The highest BCUT2D eigenvalue weighted by molar-refractivity contribution is 8.29. The molecule has 23 heavy (non-hydrogen) atoms. The summed E-state index contributed by atoms with van der Waals surface area (Å²) < 4.78 is 36.6. The van der Waals surface area contributed by atoms with Crippen LogP contribution >= 0.6 is 21.9 Å². The van der Waals surface area contributed by atoms with Gasteiger partial charge in [0.2, 0.25) is 0 Å². The van der Waals surface area contributed by atoms with Gasteiger partial charge in [-0.15, -0.1) is 10.3 Å². The Morgan fingerprint density at radius 2 is 1.91 bits per heavy atom. The van der Waals surface area contributed by atoms with E-state index in [1.54, 1.807) is 24.3 Å². The zero-order valence-electron chi connectivity index (χ0n) is 13.9. The van der Waals surface area contributed by atoms with Gasteiger partial charge in [0.25, 0.3) is 0 Å². The molecule has 1 saturated heterocycles. The average Bonchev–Trinajstić information content (AvgIpc) is 2.82. The van der Waals surface area contributed by atoms with Crippen LogP contribution in [0.2, 0.25) is 5.02 Å². The standard InChI is InChI=1S/C16H26ClNO3S2/c1-4-5-10-18(2)15-11-22(3,19)12-16(15)23(20,21)14-8-6-13(17)7-9-14/h6-9,15-16,19H,4-5,10-12H2,1-3H3/t15-,16?/m0/s1. The molecule has 1 aliphatic heterocycles. The van der Waals surface area contributed by atoms with Crippen LogP contribution in [0.15, 0.2) is 29.2 Å². The van der Waals surface area contributed by atoms with Gasteiger partial charge in [0.1, 0.15) is 0 Å². The molecule has 0 bridgehead atoms. The first-order valence-corrected chi connectivity index (χ1v) is 12.1. The second-order valence-electron chi connectivity index (χ2n) is 6.49. The normalized spacial score (nSPS) is 31.2. The highest BCUT2D eigenvalue weighted by atomic mass is 35.5. The van der Waals surface area contributed by atoms with Crippen LogP contribution in [0.1, 0.15) is 19.8 Å². The molecule has 1 aliphatic rings. The molecule has 2 rings (SSSR count). The Bertz CT molecular complexity index is 631. The number of benzene rings is 1. The molecule has 1 aromatic carbocycles. The van der Waals surface area contributed by atoms with E-state index in [9.17, 15) is 13.0 Å². The van der Waals surface area contributed by atoms with Crippen LogP contribution in [0.5, 0.6) is 0 Å². The zero-order chi connectivity index (χ0) is 17.3. The maximum absolute atomic E-state index is 13.1. The molecule has 1 aromatic rings. The van der Waals surface area contributed by atoms with Gasteiger partial charge in [-0.2, -0.15) is 0 Å². The molecular formula is C16H26ClNO3S2. The van der Waals surface area contributed by atoms with Gasteiger partial charge in [-0.25, -0.2) is 8.42 Å². The minimum atomic E-state index is -3.49. The van der Waals surface area contributed by atoms with E-state index in [0.717, 1.165) is 19.4 Å². The molecular weight excluding hydrogens is 354 g/mol. The fraction of sp³-hybridized carbons (Fsp3) is 0.625. The molecule has 0 spiro atoms. The Kier molecular flexibility index (Phi) is 6.06. The zero-order valence-corrected chi connectivity index (χ0v) is 16.3. The minimum Gasteiger partial charge on any atom is -0.352 e. The van der Waals surface area contributed by atoms with E-state index in [1.165, 1.54) is 0 Å². The first-order valence-electron chi connectivity index (χ1n) is 7.83. The highest BCUT2D eigenvalue weighted by Crippen LogP contribution is 2.50. The number of hydrogen-bond donors (Lipinski definition) is 1. The average molecular weight is 380 g/mol. The van der Waals surface area contributed by atoms with Gasteiger partial charge < -0.3 is 9.45 Å². The topological polar surface area (TPSA) is 57.6 Å². The molecule has 0 amide bonds. The molecule has 0 aliphatic carbocycles. The number of hydrogen-bond acceptors (Lipinski definition) is 4. The van der Waals surface area contributed by atoms with Crippen LogP contribution in [-0.4, -0.2) is 60.5 Å². The molecule has 1 fully saturated rings. The first kappa shape index (κ1) is 19.1. The van der Waals surface area contributed by atoms with Gasteiger partial charge in [0, 0.05) is 22.6 Å². The van der Waals surface area contributed by atoms with Crippen LogP contribution in [-0.2, 0) is 9.84 Å². The third kappa shape index (κ3) is 4.42. The van der Waals surface area contributed by atoms with Gasteiger partial charge in [-0.05, 0) is 50.5 Å². The third-order valence-electron chi connectivity index (χ3n) is 4.45. The first-order chi connectivity index (χ1) is 10.7. The largest absolute Gasteiger partial charge is 0.352 e. The van der Waals surface area contributed by atoms with Crippen molar-refractivity contribution >= 4 is 31.7 Å². The van der Waals surface area contributed by atoms with Gasteiger partial charge >= 0.3 is 0 Å². The molecule has 1 heterocycles. The van der Waals surface area contributed by atoms with Crippen LogP contribution < -0.4 is 0 Å². The summed E-state index contributed by atoms with van der Waals surface area (Å²) in [6.45, 7) is 2.97. The summed E-state index contributed by atoms with van der Waals surface area (Å²) in [4.78, 5) is 2.40. The Balaban J connectivity index is 2.31. The van der Waals surface area contributed by atoms with E-state index < -0.39 is 25.4 Å². The van der Waals surface area contributed by atoms with Crippen molar-refractivity contribution < 1.29 is 13.0 Å². The van der Waals surface area contributed by atoms with Crippen molar-refractivity contribution in [1.29, 1.82) is 0 Å². The lowest BCUT2D eigenvalue weighted by atomic mass is 10.2. The van der Waals surface area contributed by atoms with E-state index >= 15 is 0 Å². The lowest BCUT2D eigenvalue weighted by Gasteiger charge is -2.29. The number of rotatable bonds is 6. The van der Waals surface area contributed by atoms with Crippen LogP contribution in [0.25, 0.3) is 0 Å². The second-order valence-corrected chi connectivity index (χ2v) is 12.2. The molecule has 2 unspecified atom stereocenters. The number of nitrogens with zero attached hydrogens (tertiary/aromatic N) is 1. The summed E-state index contributed by atoms with van der Waals surface area (Å²) in [5.74, 6) is 0.907. The Morgan fingerprint density at radius 3 is 2.48 bits per heavy atom. The monoisotopic (exact) mass is 379 g/mol. The van der Waals surface area contributed by atoms with Gasteiger partial charge in [-0.1, -0.05) is 24.9 Å². The van der Waals surface area contributed by atoms with Crippen molar-refractivity contribution in [3.63, 3.8) is 0 Å². The van der Waals surface area contributed by atoms with Crippen molar-refractivity contribution in [3.05, 3.63) is 29.3 Å². The lowest BCUT2D eigenvalue weighted by molar-refractivity contribution is 0.259. The van der Waals surface area contributed by atoms with Crippen LogP contribution in [0.4, 0.5) is 0 Å². The van der Waals surface area contributed by atoms with Gasteiger partial charge in [0.15, 0.2) is 9.84 Å². The summed E-state index contributed by atoms with van der Waals surface area (Å²) in [5, 5.41) is -0.0415.